The number of nitrogens with one attached hydrogen (secondary N) is 1. The van der Waals surface area contributed by atoms with Crippen LogP contribution in [-0.4, -0.2) is 12.9 Å². The molecule has 0 saturated carbocycles. The Balaban J connectivity index is 2.11. The van der Waals surface area contributed by atoms with E-state index in [1.54, 1.807) is 56.5 Å². The Kier molecular flexibility index (Phi) is 5.47. The summed E-state index contributed by atoms with van der Waals surface area (Å²) in [5.74, 6) is 0.615. The van der Waals surface area contributed by atoms with Crippen LogP contribution >= 0.6 is 23.2 Å². The second kappa shape index (κ2) is 7.34. The van der Waals surface area contributed by atoms with Gasteiger partial charge in [0.15, 0.2) is 5.78 Å². The Morgan fingerprint density at radius 3 is 2.23 bits per heavy atom. The summed E-state index contributed by atoms with van der Waals surface area (Å²) in [7, 11) is 1.58. The predicted molar refractivity (Wildman–Crippen MR) is 91.2 cm³/mol. The number of halogens is 2. The first-order valence-electron chi connectivity index (χ1n) is 6.58. The zero-order chi connectivity index (χ0) is 16.1. The van der Waals surface area contributed by atoms with Gasteiger partial charge in [0, 0.05) is 33.1 Å². The number of carbonyl (C=O) groups is 1. The molecule has 0 heterocycles. The van der Waals surface area contributed by atoms with Crippen molar-refractivity contribution in [1.29, 1.82) is 0 Å². The van der Waals surface area contributed by atoms with Crippen molar-refractivity contribution in [2.24, 2.45) is 0 Å². The number of ketones is 1. The van der Waals surface area contributed by atoms with Crippen LogP contribution < -0.4 is 10.1 Å². The SMILES string of the molecule is COc1ccc(C(=O)C=C(C)Nc2cc(Cl)cc(Cl)c2)cc1. The molecule has 0 spiro atoms. The van der Waals surface area contributed by atoms with E-state index in [4.69, 9.17) is 27.9 Å². The van der Waals surface area contributed by atoms with E-state index in [1.165, 1.54) is 6.08 Å². The summed E-state index contributed by atoms with van der Waals surface area (Å²) < 4.78 is 5.07. The number of allylic oxidation sites excluding steroid dienone is 2. The number of rotatable bonds is 5. The van der Waals surface area contributed by atoms with Crippen molar-refractivity contribution in [3.8, 4) is 5.75 Å². The second-order valence-electron chi connectivity index (χ2n) is 4.70. The number of hydrogen-bond donors (Lipinski definition) is 1. The van der Waals surface area contributed by atoms with Crippen LogP contribution in [0.1, 0.15) is 17.3 Å². The largest absolute Gasteiger partial charge is 0.497 e. The molecule has 0 saturated heterocycles. The minimum absolute atomic E-state index is 0.0965. The van der Waals surface area contributed by atoms with Crippen LogP contribution in [-0.2, 0) is 0 Å². The molecule has 0 bridgehead atoms. The Labute approximate surface area is 139 Å². The first kappa shape index (κ1) is 16.4. The standard InChI is InChI=1S/C17H15Cl2NO2/c1-11(20-15-9-13(18)8-14(19)10-15)7-17(21)12-3-5-16(22-2)6-4-12/h3-10,20H,1-2H3. The molecule has 0 aliphatic carbocycles. The van der Waals surface area contributed by atoms with Crippen LogP contribution in [0.4, 0.5) is 5.69 Å². The van der Waals surface area contributed by atoms with E-state index in [9.17, 15) is 4.79 Å². The van der Waals surface area contributed by atoms with E-state index >= 15 is 0 Å². The molecule has 0 radical (unpaired) electrons. The highest BCUT2D eigenvalue weighted by Gasteiger charge is 2.04. The van der Waals surface area contributed by atoms with Gasteiger partial charge in [-0.25, -0.2) is 0 Å². The average molecular weight is 336 g/mol. The molecule has 3 nitrogen and oxygen atoms in total. The summed E-state index contributed by atoms with van der Waals surface area (Å²) in [5, 5.41) is 4.16. The van der Waals surface area contributed by atoms with E-state index in [0.717, 1.165) is 5.69 Å². The van der Waals surface area contributed by atoms with Gasteiger partial charge in [0.1, 0.15) is 5.75 Å². The third-order valence-corrected chi connectivity index (χ3v) is 3.36. The van der Waals surface area contributed by atoms with Gasteiger partial charge in [-0.1, -0.05) is 23.2 Å². The van der Waals surface area contributed by atoms with E-state index in [-0.39, 0.29) is 5.78 Å². The van der Waals surface area contributed by atoms with Gasteiger partial charge in [0.05, 0.1) is 7.11 Å². The Morgan fingerprint density at radius 1 is 1.09 bits per heavy atom. The molecule has 0 fully saturated rings. The topological polar surface area (TPSA) is 38.3 Å². The fourth-order valence-corrected chi connectivity index (χ4v) is 2.45. The quantitative estimate of drug-likeness (QED) is 0.602. The summed E-state index contributed by atoms with van der Waals surface area (Å²) in [6.45, 7) is 1.80. The number of methoxy groups -OCH3 is 1. The molecular formula is C17H15Cl2NO2. The van der Waals surface area contributed by atoms with Gasteiger partial charge in [-0.2, -0.15) is 0 Å². The molecule has 0 unspecified atom stereocenters. The van der Waals surface area contributed by atoms with Gasteiger partial charge in [-0.05, 0) is 49.4 Å². The number of anilines is 1. The number of hydrogen-bond acceptors (Lipinski definition) is 3. The Hall–Kier alpha value is -1.97. The number of benzene rings is 2. The Morgan fingerprint density at radius 2 is 1.68 bits per heavy atom. The van der Waals surface area contributed by atoms with Gasteiger partial charge in [0.2, 0.25) is 0 Å². The summed E-state index contributed by atoms with van der Waals surface area (Å²) >= 11 is 11.9. The first-order valence-corrected chi connectivity index (χ1v) is 7.33. The molecule has 0 atom stereocenters. The highest BCUT2D eigenvalue weighted by Crippen LogP contribution is 2.23. The molecule has 2 rings (SSSR count). The van der Waals surface area contributed by atoms with E-state index in [0.29, 0.717) is 27.1 Å². The molecule has 2 aromatic rings. The maximum atomic E-state index is 12.2. The molecule has 114 valence electrons. The first-order chi connectivity index (χ1) is 10.5. The van der Waals surface area contributed by atoms with Gasteiger partial charge < -0.3 is 10.1 Å². The van der Waals surface area contributed by atoms with E-state index in [1.807, 2.05) is 0 Å². The van der Waals surface area contributed by atoms with Crippen LogP contribution in [0, 0.1) is 0 Å². The number of carbonyl (C=O) groups excluding carboxylic acids is 1. The van der Waals surface area contributed by atoms with Crippen molar-refractivity contribution in [3.63, 3.8) is 0 Å². The molecule has 0 aliphatic heterocycles. The highest BCUT2D eigenvalue weighted by molar-refractivity contribution is 6.35. The van der Waals surface area contributed by atoms with Crippen molar-refractivity contribution in [1.82, 2.24) is 0 Å². The minimum Gasteiger partial charge on any atom is -0.497 e. The third-order valence-electron chi connectivity index (χ3n) is 2.93. The summed E-state index contributed by atoms with van der Waals surface area (Å²) in [4.78, 5) is 12.2. The van der Waals surface area contributed by atoms with Crippen LogP contribution in [0.3, 0.4) is 0 Å². The smallest absolute Gasteiger partial charge is 0.187 e. The lowest BCUT2D eigenvalue weighted by molar-refractivity contribution is 0.104. The summed E-state index contributed by atoms with van der Waals surface area (Å²) in [6, 6.07) is 12.1. The van der Waals surface area contributed by atoms with Crippen molar-refractivity contribution < 1.29 is 9.53 Å². The van der Waals surface area contributed by atoms with Gasteiger partial charge >= 0.3 is 0 Å². The molecular weight excluding hydrogens is 321 g/mol. The molecule has 1 N–H and O–H groups in total. The van der Waals surface area contributed by atoms with Gasteiger partial charge in [-0.15, -0.1) is 0 Å². The van der Waals surface area contributed by atoms with Gasteiger partial charge in [0.25, 0.3) is 0 Å². The molecule has 5 heteroatoms. The molecule has 2 aromatic carbocycles. The maximum absolute atomic E-state index is 12.2. The predicted octanol–water partition coefficient (Wildman–Crippen LogP) is 5.20. The second-order valence-corrected chi connectivity index (χ2v) is 5.58. The zero-order valence-electron chi connectivity index (χ0n) is 12.2. The van der Waals surface area contributed by atoms with Crippen molar-refractivity contribution >= 4 is 34.7 Å². The zero-order valence-corrected chi connectivity index (χ0v) is 13.7. The maximum Gasteiger partial charge on any atom is 0.187 e. The van der Waals surface area contributed by atoms with E-state index in [2.05, 4.69) is 5.32 Å². The molecule has 0 aromatic heterocycles. The summed E-state index contributed by atoms with van der Waals surface area (Å²) in [5.41, 5.74) is 2.01. The van der Waals surface area contributed by atoms with E-state index < -0.39 is 0 Å². The van der Waals surface area contributed by atoms with Crippen molar-refractivity contribution in [2.45, 2.75) is 6.92 Å². The lowest BCUT2D eigenvalue weighted by atomic mass is 10.1. The van der Waals surface area contributed by atoms with Crippen LogP contribution in [0.5, 0.6) is 5.75 Å². The molecule has 0 aliphatic rings. The van der Waals surface area contributed by atoms with Crippen molar-refractivity contribution in [2.75, 3.05) is 12.4 Å². The third kappa shape index (κ3) is 4.52. The fourth-order valence-electron chi connectivity index (χ4n) is 1.93. The van der Waals surface area contributed by atoms with Crippen LogP contribution in [0.2, 0.25) is 10.0 Å². The normalized spacial score (nSPS) is 11.2. The Bertz CT molecular complexity index is 689. The van der Waals surface area contributed by atoms with Crippen LogP contribution in [0.25, 0.3) is 0 Å². The molecule has 0 amide bonds. The van der Waals surface area contributed by atoms with Gasteiger partial charge in [-0.3, -0.25) is 4.79 Å². The minimum atomic E-state index is -0.0965. The molecule has 22 heavy (non-hydrogen) atoms. The summed E-state index contributed by atoms with van der Waals surface area (Å²) in [6.07, 6.45) is 1.52. The highest BCUT2D eigenvalue weighted by atomic mass is 35.5. The monoisotopic (exact) mass is 335 g/mol. The lowest BCUT2D eigenvalue weighted by Gasteiger charge is -2.08. The fraction of sp³-hybridized carbons (Fsp3) is 0.118. The van der Waals surface area contributed by atoms with Crippen molar-refractivity contribution in [3.05, 3.63) is 69.8 Å². The average Bonchev–Trinajstić information content (AvgIpc) is 2.46. The van der Waals surface area contributed by atoms with Crippen LogP contribution in [0.15, 0.2) is 54.2 Å². The lowest BCUT2D eigenvalue weighted by Crippen LogP contribution is -2.01. The number of ether oxygens (including phenoxy) is 1.